The lowest BCUT2D eigenvalue weighted by Gasteiger charge is -2.09. The molecule has 8 nitrogen and oxygen atoms in total. The highest BCUT2D eigenvalue weighted by Crippen LogP contribution is 2.33. The summed E-state index contributed by atoms with van der Waals surface area (Å²) in [6, 6.07) is 18.1. The molecular weight excluding hydrogens is 462 g/mol. The average Bonchev–Trinajstić information content (AvgIpc) is 3.52. The molecule has 0 atom stereocenters. The highest BCUT2D eigenvalue weighted by molar-refractivity contribution is 5.98. The Bertz CT molecular complexity index is 1730. The standard InChI is InChI=1S/C29H25N7O/c1-17(2)12-26(37)32-21-13-20(15-31-16-21)19-6-7-24-23(14-19)28(36-35-24)29-33-25-5-3-4-22(27(25)34-29)18-8-10-30-11-9-18/h3-11,13-17H,12H2,1-2H3,(H,32,37)(H,33,34)(H,35,36). The first-order valence-electron chi connectivity index (χ1n) is 12.2. The molecular formula is C29H25N7O. The maximum absolute atomic E-state index is 12.2. The van der Waals surface area contributed by atoms with E-state index in [9.17, 15) is 4.79 Å². The van der Waals surface area contributed by atoms with Crippen LogP contribution >= 0.6 is 0 Å². The molecule has 6 rings (SSSR count). The lowest BCUT2D eigenvalue weighted by Crippen LogP contribution is -2.13. The number of fused-ring (bicyclic) bond motifs is 2. The number of nitrogens with zero attached hydrogens (tertiary/aromatic N) is 4. The highest BCUT2D eigenvalue weighted by Gasteiger charge is 2.16. The molecule has 4 heterocycles. The van der Waals surface area contributed by atoms with Crippen molar-refractivity contribution in [3.63, 3.8) is 0 Å². The van der Waals surface area contributed by atoms with Crippen molar-refractivity contribution in [1.29, 1.82) is 0 Å². The minimum Gasteiger partial charge on any atom is -0.337 e. The van der Waals surface area contributed by atoms with E-state index >= 15 is 0 Å². The Kier molecular flexibility index (Phi) is 5.69. The maximum Gasteiger partial charge on any atom is 0.224 e. The van der Waals surface area contributed by atoms with Crippen LogP contribution in [-0.2, 0) is 4.79 Å². The van der Waals surface area contributed by atoms with Gasteiger partial charge in [0.05, 0.1) is 28.4 Å². The van der Waals surface area contributed by atoms with Gasteiger partial charge in [0.25, 0.3) is 0 Å². The molecule has 0 radical (unpaired) electrons. The zero-order chi connectivity index (χ0) is 25.4. The van der Waals surface area contributed by atoms with Gasteiger partial charge in [0.2, 0.25) is 5.91 Å². The number of hydrogen-bond acceptors (Lipinski definition) is 5. The Balaban J connectivity index is 1.38. The van der Waals surface area contributed by atoms with Gasteiger partial charge in [-0.15, -0.1) is 0 Å². The molecule has 0 spiro atoms. The van der Waals surface area contributed by atoms with Crippen LogP contribution in [0.4, 0.5) is 5.69 Å². The molecule has 182 valence electrons. The lowest BCUT2D eigenvalue weighted by atomic mass is 10.0. The van der Waals surface area contributed by atoms with Gasteiger partial charge in [-0.1, -0.05) is 32.0 Å². The first kappa shape index (κ1) is 22.6. The summed E-state index contributed by atoms with van der Waals surface area (Å²) in [7, 11) is 0. The Labute approximate surface area is 213 Å². The van der Waals surface area contributed by atoms with E-state index in [0.29, 0.717) is 17.9 Å². The monoisotopic (exact) mass is 487 g/mol. The van der Waals surface area contributed by atoms with Crippen molar-refractivity contribution in [2.24, 2.45) is 5.92 Å². The van der Waals surface area contributed by atoms with E-state index in [-0.39, 0.29) is 11.8 Å². The minimum absolute atomic E-state index is 0.0162. The molecule has 0 fully saturated rings. The number of aromatic amines is 2. The molecule has 2 aromatic carbocycles. The van der Waals surface area contributed by atoms with E-state index in [0.717, 1.165) is 49.9 Å². The Morgan fingerprint density at radius 2 is 1.78 bits per heavy atom. The van der Waals surface area contributed by atoms with E-state index < -0.39 is 0 Å². The van der Waals surface area contributed by atoms with Gasteiger partial charge in [0.15, 0.2) is 5.82 Å². The third kappa shape index (κ3) is 4.45. The Hall–Kier alpha value is -4.85. The van der Waals surface area contributed by atoms with Gasteiger partial charge >= 0.3 is 0 Å². The number of nitrogens with one attached hydrogen (secondary N) is 3. The number of carbonyl (C=O) groups excluding carboxylic acids is 1. The molecule has 37 heavy (non-hydrogen) atoms. The fourth-order valence-electron chi connectivity index (χ4n) is 4.53. The lowest BCUT2D eigenvalue weighted by molar-refractivity contribution is -0.116. The van der Waals surface area contributed by atoms with Crippen molar-refractivity contribution >= 4 is 33.5 Å². The molecule has 0 saturated heterocycles. The van der Waals surface area contributed by atoms with Gasteiger partial charge in [-0.3, -0.25) is 19.9 Å². The molecule has 0 unspecified atom stereocenters. The van der Waals surface area contributed by atoms with Gasteiger partial charge in [0, 0.05) is 41.5 Å². The first-order chi connectivity index (χ1) is 18.0. The summed E-state index contributed by atoms with van der Waals surface area (Å²) >= 11 is 0. The third-order valence-corrected chi connectivity index (χ3v) is 6.24. The zero-order valence-electron chi connectivity index (χ0n) is 20.5. The summed E-state index contributed by atoms with van der Waals surface area (Å²) in [5, 5.41) is 11.6. The fraction of sp³-hybridized carbons (Fsp3) is 0.138. The van der Waals surface area contributed by atoms with Gasteiger partial charge in [-0.25, -0.2) is 4.98 Å². The summed E-state index contributed by atoms with van der Waals surface area (Å²) in [5.74, 6) is 0.961. The predicted octanol–water partition coefficient (Wildman–Crippen LogP) is 6.21. The normalized spacial score (nSPS) is 11.4. The number of pyridine rings is 2. The summed E-state index contributed by atoms with van der Waals surface area (Å²) in [4.78, 5) is 29.1. The fourth-order valence-corrected chi connectivity index (χ4v) is 4.53. The van der Waals surface area contributed by atoms with E-state index in [1.165, 1.54) is 0 Å². The van der Waals surface area contributed by atoms with Gasteiger partial charge in [-0.2, -0.15) is 5.10 Å². The van der Waals surface area contributed by atoms with Crippen molar-refractivity contribution in [1.82, 2.24) is 30.1 Å². The molecule has 0 bridgehead atoms. The van der Waals surface area contributed by atoms with Crippen LogP contribution in [-0.4, -0.2) is 36.0 Å². The van der Waals surface area contributed by atoms with Crippen molar-refractivity contribution < 1.29 is 4.79 Å². The van der Waals surface area contributed by atoms with Crippen molar-refractivity contribution in [2.45, 2.75) is 20.3 Å². The zero-order valence-corrected chi connectivity index (χ0v) is 20.5. The van der Waals surface area contributed by atoms with Crippen LogP contribution in [0.2, 0.25) is 0 Å². The third-order valence-electron chi connectivity index (χ3n) is 6.24. The van der Waals surface area contributed by atoms with Crippen LogP contribution < -0.4 is 5.32 Å². The van der Waals surface area contributed by atoms with Gasteiger partial charge < -0.3 is 10.3 Å². The molecule has 1 amide bonds. The van der Waals surface area contributed by atoms with E-state index in [4.69, 9.17) is 4.98 Å². The quantitative estimate of drug-likeness (QED) is 0.258. The molecule has 0 aliphatic heterocycles. The van der Waals surface area contributed by atoms with Crippen LogP contribution in [0.1, 0.15) is 20.3 Å². The second-order valence-electron chi connectivity index (χ2n) is 9.46. The number of aromatic nitrogens is 6. The first-order valence-corrected chi connectivity index (χ1v) is 12.2. The number of imidazole rings is 1. The van der Waals surface area contributed by atoms with Crippen LogP contribution in [0, 0.1) is 5.92 Å². The molecule has 0 aliphatic rings. The molecule has 8 heteroatoms. The molecule has 0 saturated carbocycles. The van der Waals surface area contributed by atoms with Crippen molar-refractivity contribution in [3.8, 4) is 33.8 Å². The predicted molar refractivity (Wildman–Crippen MR) is 146 cm³/mol. The van der Waals surface area contributed by atoms with Crippen LogP contribution in [0.3, 0.4) is 0 Å². The number of amides is 1. The van der Waals surface area contributed by atoms with E-state index in [2.05, 4.69) is 42.6 Å². The van der Waals surface area contributed by atoms with Crippen molar-refractivity contribution in [3.05, 3.63) is 79.4 Å². The SMILES string of the molecule is CC(C)CC(=O)Nc1cncc(-c2ccc3[nH]nc(-c4nc5c(-c6ccncc6)cccc5[nH]4)c3c2)c1. The smallest absolute Gasteiger partial charge is 0.224 e. The Morgan fingerprint density at radius 1 is 0.919 bits per heavy atom. The molecule has 3 N–H and O–H groups in total. The summed E-state index contributed by atoms with van der Waals surface area (Å²) < 4.78 is 0. The summed E-state index contributed by atoms with van der Waals surface area (Å²) in [6.45, 7) is 4.04. The van der Waals surface area contributed by atoms with Crippen LogP contribution in [0.25, 0.3) is 55.7 Å². The summed E-state index contributed by atoms with van der Waals surface area (Å²) in [6.07, 6.45) is 7.49. The van der Waals surface area contributed by atoms with Crippen molar-refractivity contribution in [2.75, 3.05) is 5.32 Å². The second-order valence-corrected chi connectivity index (χ2v) is 9.46. The van der Waals surface area contributed by atoms with E-state index in [1.54, 1.807) is 24.8 Å². The number of anilines is 1. The van der Waals surface area contributed by atoms with Crippen LogP contribution in [0.5, 0.6) is 0 Å². The number of benzene rings is 2. The number of H-pyrrole nitrogens is 2. The maximum atomic E-state index is 12.2. The van der Waals surface area contributed by atoms with Crippen LogP contribution in [0.15, 0.2) is 79.4 Å². The van der Waals surface area contributed by atoms with Gasteiger partial charge in [-0.05, 0) is 53.4 Å². The van der Waals surface area contributed by atoms with E-state index in [1.807, 2.05) is 56.3 Å². The minimum atomic E-state index is -0.0162. The number of para-hydroxylation sites is 1. The average molecular weight is 488 g/mol. The highest BCUT2D eigenvalue weighted by atomic mass is 16.1. The molecule has 0 aliphatic carbocycles. The number of hydrogen-bond donors (Lipinski definition) is 3. The Morgan fingerprint density at radius 3 is 2.62 bits per heavy atom. The number of rotatable bonds is 6. The second kappa shape index (κ2) is 9.31. The topological polar surface area (TPSA) is 112 Å². The summed E-state index contributed by atoms with van der Waals surface area (Å²) in [5.41, 5.74) is 8.10. The largest absolute Gasteiger partial charge is 0.337 e. The number of carbonyl (C=O) groups is 1. The molecule has 4 aromatic heterocycles. The van der Waals surface area contributed by atoms with Gasteiger partial charge in [0.1, 0.15) is 5.69 Å². The molecule has 6 aromatic rings.